The summed E-state index contributed by atoms with van der Waals surface area (Å²) in [5, 5.41) is 3.51. The molecule has 1 aromatic heterocycles. The number of nitrogens with zero attached hydrogens (tertiary/aromatic N) is 1. The Morgan fingerprint density at radius 1 is 1.11 bits per heavy atom. The number of rotatable bonds is 6. The molecule has 1 N–H and O–H groups in total. The molecule has 19 heavy (non-hydrogen) atoms. The van der Waals surface area contributed by atoms with E-state index in [2.05, 4.69) is 54.5 Å². The molecule has 2 aromatic rings. The van der Waals surface area contributed by atoms with Crippen molar-refractivity contribution in [1.29, 1.82) is 0 Å². The molecule has 1 aromatic carbocycles. The topological polar surface area (TPSA) is 24.9 Å². The van der Waals surface area contributed by atoms with Crippen LogP contribution in [0.4, 0.5) is 0 Å². The molecule has 0 saturated carbocycles. The number of hydrogen-bond acceptors (Lipinski definition) is 2. The number of nitrogens with one attached hydrogen (secondary N) is 1. The first-order valence-electron chi connectivity index (χ1n) is 7.01. The molecule has 0 radical (unpaired) electrons. The lowest BCUT2D eigenvalue weighted by Crippen LogP contribution is -2.19. The maximum absolute atomic E-state index is 4.36. The minimum atomic E-state index is 0.420. The summed E-state index contributed by atoms with van der Waals surface area (Å²) >= 11 is 0. The third kappa shape index (κ3) is 4.18. The monoisotopic (exact) mass is 254 g/mol. The van der Waals surface area contributed by atoms with E-state index in [1.807, 2.05) is 18.3 Å². The van der Waals surface area contributed by atoms with Gasteiger partial charge in [0.15, 0.2) is 0 Å². The lowest BCUT2D eigenvalue weighted by atomic mass is 10.0. The summed E-state index contributed by atoms with van der Waals surface area (Å²) in [7, 11) is 0. The van der Waals surface area contributed by atoms with E-state index in [9.17, 15) is 0 Å². The summed E-state index contributed by atoms with van der Waals surface area (Å²) in [6, 6.07) is 15.3. The zero-order chi connectivity index (χ0) is 13.5. The second-order valence-electron chi connectivity index (χ2n) is 4.92. The Kier molecular flexibility index (Phi) is 5.10. The van der Waals surface area contributed by atoms with Gasteiger partial charge < -0.3 is 5.32 Å². The third-order valence-corrected chi connectivity index (χ3v) is 3.29. The normalized spacial score (nSPS) is 12.3. The molecule has 0 bridgehead atoms. The second-order valence-corrected chi connectivity index (χ2v) is 4.92. The summed E-state index contributed by atoms with van der Waals surface area (Å²) in [6.45, 7) is 5.47. The van der Waals surface area contributed by atoms with E-state index < -0.39 is 0 Å². The third-order valence-electron chi connectivity index (χ3n) is 3.29. The van der Waals surface area contributed by atoms with E-state index in [1.54, 1.807) is 0 Å². The highest BCUT2D eigenvalue weighted by molar-refractivity contribution is 5.27. The SMILES string of the molecule is CCCNC(C)c1ccc(Cc2ccccn2)cc1. The number of hydrogen-bond donors (Lipinski definition) is 1. The van der Waals surface area contributed by atoms with Crippen molar-refractivity contribution < 1.29 is 0 Å². The Morgan fingerprint density at radius 2 is 1.89 bits per heavy atom. The van der Waals surface area contributed by atoms with Crippen LogP contribution >= 0.6 is 0 Å². The highest BCUT2D eigenvalue weighted by Gasteiger charge is 2.04. The van der Waals surface area contributed by atoms with Crippen molar-refractivity contribution in [2.45, 2.75) is 32.7 Å². The molecule has 100 valence electrons. The van der Waals surface area contributed by atoms with Gasteiger partial charge in [-0.1, -0.05) is 37.3 Å². The fraction of sp³-hybridized carbons (Fsp3) is 0.353. The summed E-state index contributed by atoms with van der Waals surface area (Å²) in [6.07, 6.45) is 3.92. The fourth-order valence-corrected chi connectivity index (χ4v) is 2.11. The molecule has 2 nitrogen and oxygen atoms in total. The quantitative estimate of drug-likeness (QED) is 0.849. The van der Waals surface area contributed by atoms with Crippen molar-refractivity contribution in [3.63, 3.8) is 0 Å². The molecule has 2 rings (SSSR count). The van der Waals surface area contributed by atoms with Gasteiger partial charge in [0.2, 0.25) is 0 Å². The van der Waals surface area contributed by atoms with Crippen LogP contribution in [0.3, 0.4) is 0 Å². The zero-order valence-corrected chi connectivity index (χ0v) is 11.8. The molecule has 1 heterocycles. The summed E-state index contributed by atoms with van der Waals surface area (Å²) < 4.78 is 0. The van der Waals surface area contributed by atoms with Gasteiger partial charge in [0.1, 0.15) is 0 Å². The van der Waals surface area contributed by atoms with E-state index in [1.165, 1.54) is 17.5 Å². The highest BCUT2D eigenvalue weighted by Crippen LogP contribution is 2.15. The molecule has 2 heteroatoms. The molecule has 0 saturated heterocycles. The van der Waals surface area contributed by atoms with Crippen molar-refractivity contribution in [2.24, 2.45) is 0 Å². The molecule has 0 fully saturated rings. The van der Waals surface area contributed by atoms with Gasteiger partial charge in [-0.3, -0.25) is 4.98 Å². The van der Waals surface area contributed by atoms with Gasteiger partial charge in [-0.2, -0.15) is 0 Å². The first-order valence-corrected chi connectivity index (χ1v) is 7.01. The van der Waals surface area contributed by atoms with Gasteiger partial charge in [0.25, 0.3) is 0 Å². The minimum Gasteiger partial charge on any atom is -0.310 e. The Morgan fingerprint density at radius 3 is 2.53 bits per heavy atom. The van der Waals surface area contributed by atoms with E-state index in [-0.39, 0.29) is 0 Å². The van der Waals surface area contributed by atoms with Gasteiger partial charge in [0.05, 0.1) is 0 Å². The first-order chi connectivity index (χ1) is 9.29. The van der Waals surface area contributed by atoms with Crippen molar-refractivity contribution in [1.82, 2.24) is 10.3 Å². The van der Waals surface area contributed by atoms with E-state index >= 15 is 0 Å². The second kappa shape index (κ2) is 7.05. The molecule has 0 spiro atoms. The standard InChI is InChI=1S/C17H22N2/c1-3-11-18-14(2)16-9-7-15(8-10-16)13-17-6-4-5-12-19-17/h4-10,12,14,18H,3,11,13H2,1-2H3. The Labute approximate surface area is 115 Å². The molecule has 1 unspecified atom stereocenters. The van der Waals surface area contributed by atoms with Crippen molar-refractivity contribution in [3.8, 4) is 0 Å². The van der Waals surface area contributed by atoms with Crippen molar-refractivity contribution >= 4 is 0 Å². The Bertz CT molecular complexity index is 476. The van der Waals surface area contributed by atoms with Gasteiger partial charge in [0, 0.05) is 24.4 Å². The van der Waals surface area contributed by atoms with Crippen LogP contribution in [0.5, 0.6) is 0 Å². The van der Waals surface area contributed by atoms with Crippen molar-refractivity contribution in [3.05, 3.63) is 65.5 Å². The fourth-order valence-electron chi connectivity index (χ4n) is 2.11. The first kappa shape index (κ1) is 13.8. The van der Waals surface area contributed by atoms with E-state index in [0.717, 1.165) is 18.7 Å². The van der Waals surface area contributed by atoms with Crippen LogP contribution < -0.4 is 5.32 Å². The van der Waals surface area contributed by atoms with Crippen molar-refractivity contribution in [2.75, 3.05) is 6.54 Å². The summed E-state index contributed by atoms with van der Waals surface area (Å²) in [5.74, 6) is 0. The Balaban J connectivity index is 1.98. The smallest absolute Gasteiger partial charge is 0.0447 e. The van der Waals surface area contributed by atoms with E-state index in [4.69, 9.17) is 0 Å². The zero-order valence-electron chi connectivity index (χ0n) is 11.8. The average Bonchev–Trinajstić information content (AvgIpc) is 2.46. The molecule has 0 aliphatic heterocycles. The van der Waals surface area contributed by atoms with Gasteiger partial charge in [-0.15, -0.1) is 0 Å². The van der Waals surface area contributed by atoms with Crippen LogP contribution in [0.15, 0.2) is 48.7 Å². The summed E-state index contributed by atoms with van der Waals surface area (Å²) in [4.78, 5) is 4.36. The van der Waals surface area contributed by atoms with Crippen LogP contribution in [0.1, 0.15) is 43.1 Å². The molecule has 1 atom stereocenters. The lowest BCUT2D eigenvalue weighted by molar-refractivity contribution is 0.570. The van der Waals surface area contributed by atoms with E-state index in [0.29, 0.717) is 6.04 Å². The molecule has 0 aliphatic carbocycles. The van der Waals surface area contributed by atoms with Crippen LogP contribution in [-0.2, 0) is 6.42 Å². The number of aromatic nitrogens is 1. The highest BCUT2D eigenvalue weighted by atomic mass is 14.9. The van der Waals surface area contributed by atoms with Gasteiger partial charge >= 0.3 is 0 Å². The minimum absolute atomic E-state index is 0.420. The lowest BCUT2D eigenvalue weighted by Gasteiger charge is -2.14. The number of benzene rings is 1. The average molecular weight is 254 g/mol. The largest absolute Gasteiger partial charge is 0.310 e. The van der Waals surface area contributed by atoms with Gasteiger partial charge in [-0.05, 0) is 43.1 Å². The Hall–Kier alpha value is -1.67. The molecule has 0 amide bonds. The predicted octanol–water partition coefficient (Wildman–Crippen LogP) is 3.73. The number of pyridine rings is 1. The van der Waals surface area contributed by atoms with Crippen LogP contribution in [-0.4, -0.2) is 11.5 Å². The van der Waals surface area contributed by atoms with Crippen LogP contribution in [0.2, 0.25) is 0 Å². The molecular weight excluding hydrogens is 232 g/mol. The summed E-state index contributed by atoms with van der Waals surface area (Å²) in [5.41, 5.74) is 3.77. The maximum atomic E-state index is 4.36. The maximum Gasteiger partial charge on any atom is 0.0447 e. The van der Waals surface area contributed by atoms with Gasteiger partial charge in [-0.25, -0.2) is 0 Å². The van der Waals surface area contributed by atoms with Crippen LogP contribution in [0, 0.1) is 0 Å². The van der Waals surface area contributed by atoms with Crippen LogP contribution in [0.25, 0.3) is 0 Å². The predicted molar refractivity (Wildman–Crippen MR) is 80.2 cm³/mol. The molecule has 0 aliphatic rings. The molecular formula is C17H22N2.